The van der Waals surface area contributed by atoms with E-state index in [2.05, 4.69) is 163 Å². The standard InChI is InChI=1S/C44H30N2/c1-2-10-31(11-3-1)33-13-6-14-34(26-33)35-15-7-16-36(27-35)37-17-8-18-38(28-37)39-19-9-20-41(29-39)43-30-40-12-4-5-21-42(40)44(46-43)32-22-24-45-25-23-32/h1-30H. The van der Waals surface area contributed by atoms with Crippen molar-refractivity contribution in [2.24, 2.45) is 0 Å². The first-order valence-corrected chi connectivity index (χ1v) is 15.6. The van der Waals surface area contributed by atoms with Gasteiger partial charge in [0.2, 0.25) is 0 Å². The Morgan fingerprint density at radius 1 is 0.304 bits per heavy atom. The number of benzene rings is 6. The predicted octanol–water partition coefficient (Wildman–Crippen LogP) is 11.6. The van der Waals surface area contributed by atoms with Gasteiger partial charge in [0.1, 0.15) is 0 Å². The number of hydrogen-bond donors (Lipinski definition) is 0. The van der Waals surface area contributed by atoms with Crippen molar-refractivity contribution in [2.75, 3.05) is 0 Å². The molecule has 2 nitrogen and oxygen atoms in total. The molecule has 0 amide bonds. The lowest BCUT2D eigenvalue weighted by Gasteiger charge is -2.12. The predicted molar refractivity (Wildman–Crippen MR) is 192 cm³/mol. The van der Waals surface area contributed by atoms with Gasteiger partial charge in [0.05, 0.1) is 11.4 Å². The average molecular weight is 587 g/mol. The van der Waals surface area contributed by atoms with E-state index in [0.29, 0.717) is 0 Å². The van der Waals surface area contributed by atoms with E-state index in [9.17, 15) is 0 Å². The van der Waals surface area contributed by atoms with E-state index < -0.39 is 0 Å². The molecule has 0 saturated heterocycles. The first kappa shape index (κ1) is 27.4. The quantitative estimate of drug-likeness (QED) is 0.194. The zero-order chi connectivity index (χ0) is 30.7. The molecular weight excluding hydrogens is 556 g/mol. The lowest BCUT2D eigenvalue weighted by molar-refractivity contribution is 1.30. The molecule has 0 aliphatic rings. The normalized spacial score (nSPS) is 11.0. The third-order valence-electron chi connectivity index (χ3n) is 8.55. The van der Waals surface area contributed by atoms with Crippen LogP contribution in [0.25, 0.3) is 77.8 Å². The molecule has 0 saturated carbocycles. The van der Waals surface area contributed by atoms with E-state index in [0.717, 1.165) is 33.5 Å². The van der Waals surface area contributed by atoms with E-state index in [1.807, 2.05) is 24.5 Å². The summed E-state index contributed by atoms with van der Waals surface area (Å²) in [7, 11) is 0. The van der Waals surface area contributed by atoms with E-state index in [1.165, 1.54) is 44.3 Å². The molecule has 8 rings (SSSR count). The average Bonchev–Trinajstić information content (AvgIpc) is 3.15. The van der Waals surface area contributed by atoms with Crippen molar-refractivity contribution in [1.29, 1.82) is 0 Å². The van der Waals surface area contributed by atoms with Crippen molar-refractivity contribution < 1.29 is 0 Å². The summed E-state index contributed by atoms with van der Waals surface area (Å²) in [4.78, 5) is 9.39. The van der Waals surface area contributed by atoms with Crippen LogP contribution in [0.2, 0.25) is 0 Å². The highest BCUT2D eigenvalue weighted by Crippen LogP contribution is 2.35. The topological polar surface area (TPSA) is 25.8 Å². The van der Waals surface area contributed by atoms with Crippen molar-refractivity contribution in [3.05, 3.63) is 182 Å². The van der Waals surface area contributed by atoms with Crippen molar-refractivity contribution in [2.45, 2.75) is 0 Å². The highest BCUT2D eigenvalue weighted by Gasteiger charge is 2.11. The fourth-order valence-corrected chi connectivity index (χ4v) is 6.20. The summed E-state index contributed by atoms with van der Waals surface area (Å²) >= 11 is 0. The van der Waals surface area contributed by atoms with Crippen molar-refractivity contribution >= 4 is 10.8 Å². The van der Waals surface area contributed by atoms with Gasteiger partial charge in [-0.15, -0.1) is 0 Å². The zero-order valence-electron chi connectivity index (χ0n) is 25.2. The zero-order valence-corrected chi connectivity index (χ0v) is 25.2. The molecule has 6 aromatic carbocycles. The van der Waals surface area contributed by atoms with Crippen LogP contribution in [-0.4, -0.2) is 9.97 Å². The SMILES string of the molecule is c1ccc(-c2cccc(-c3cccc(-c4cccc(-c5cccc(-c6cc7ccccc7c(-c7ccncc7)n6)c5)c4)c3)c2)cc1. The monoisotopic (exact) mass is 586 g/mol. The molecule has 0 aliphatic heterocycles. The number of aromatic nitrogens is 2. The first-order valence-electron chi connectivity index (χ1n) is 15.6. The van der Waals surface area contributed by atoms with Crippen LogP contribution < -0.4 is 0 Å². The van der Waals surface area contributed by atoms with Gasteiger partial charge in [-0.25, -0.2) is 4.98 Å². The number of pyridine rings is 2. The molecule has 2 aromatic heterocycles. The molecular formula is C44H30N2. The molecule has 8 aromatic rings. The van der Waals surface area contributed by atoms with Gasteiger partial charge in [-0.2, -0.15) is 0 Å². The molecule has 46 heavy (non-hydrogen) atoms. The molecule has 0 spiro atoms. The first-order chi connectivity index (χ1) is 22.8. The Morgan fingerprint density at radius 2 is 0.739 bits per heavy atom. The summed E-state index contributed by atoms with van der Waals surface area (Å²) in [6.45, 7) is 0. The number of hydrogen-bond acceptors (Lipinski definition) is 2. The maximum Gasteiger partial charge on any atom is 0.0788 e. The highest BCUT2D eigenvalue weighted by atomic mass is 14.7. The molecule has 0 N–H and O–H groups in total. The molecule has 2 heterocycles. The van der Waals surface area contributed by atoms with Crippen molar-refractivity contribution in [3.8, 4) is 67.0 Å². The summed E-state index contributed by atoms with van der Waals surface area (Å²) in [5.41, 5.74) is 13.6. The van der Waals surface area contributed by atoms with Gasteiger partial charge in [-0.3, -0.25) is 4.98 Å². The molecule has 0 bridgehead atoms. The van der Waals surface area contributed by atoms with Gasteiger partial charge in [-0.1, -0.05) is 127 Å². The Labute approximate surface area is 269 Å². The van der Waals surface area contributed by atoms with Gasteiger partial charge < -0.3 is 0 Å². The third kappa shape index (κ3) is 5.49. The maximum atomic E-state index is 5.18. The number of rotatable bonds is 6. The van der Waals surface area contributed by atoms with Crippen LogP contribution in [0.15, 0.2) is 182 Å². The van der Waals surface area contributed by atoms with Crippen LogP contribution in [-0.2, 0) is 0 Å². The minimum atomic E-state index is 0.953. The third-order valence-corrected chi connectivity index (χ3v) is 8.55. The van der Waals surface area contributed by atoms with E-state index in [4.69, 9.17) is 4.98 Å². The second-order valence-corrected chi connectivity index (χ2v) is 11.5. The minimum absolute atomic E-state index is 0.953. The van der Waals surface area contributed by atoms with Gasteiger partial charge in [0.15, 0.2) is 0 Å². The molecule has 0 aliphatic carbocycles. The lowest BCUT2D eigenvalue weighted by Crippen LogP contribution is -1.92. The van der Waals surface area contributed by atoms with Crippen LogP contribution in [0.3, 0.4) is 0 Å². The second-order valence-electron chi connectivity index (χ2n) is 11.5. The summed E-state index contributed by atoms with van der Waals surface area (Å²) in [5, 5.41) is 2.30. The van der Waals surface area contributed by atoms with Gasteiger partial charge >= 0.3 is 0 Å². The molecule has 0 fully saturated rings. The lowest BCUT2D eigenvalue weighted by atomic mass is 9.94. The minimum Gasteiger partial charge on any atom is -0.265 e. The van der Waals surface area contributed by atoms with Crippen molar-refractivity contribution in [1.82, 2.24) is 9.97 Å². The summed E-state index contributed by atoms with van der Waals surface area (Å²) < 4.78 is 0. The van der Waals surface area contributed by atoms with Crippen LogP contribution in [0.5, 0.6) is 0 Å². The molecule has 2 heteroatoms. The maximum absolute atomic E-state index is 5.18. The second kappa shape index (κ2) is 12.1. The van der Waals surface area contributed by atoms with Crippen LogP contribution >= 0.6 is 0 Å². The summed E-state index contributed by atoms with van der Waals surface area (Å²) in [5.74, 6) is 0. The number of nitrogens with zero attached hydrogens (tertiary/aromatic N) is 2. The van der Waals surface area contributed by atoms with Gasteiger partial charge in [0, 0.05) is 28.9 Å². The fourth-order valence-electron chi connectivity index (χ4n) is 6.20. The van der Waals surface area contributed by atoms with Crippen LogP contribution in [0.1, 0.15) is 0 Å². The van der Waals surface area contributed by atoms with Crippen LogP contribution in [0.4, 0.5) is 0 Å². The molecule has 216 valence electrons. The molecule has 0 unspecified atom stereocenters. The van der Waals surface area contributed by atoms with E-state index in [1.54, 1.807) is 0 Å². The van der Waals surface area contributed by atoms with Gasteiger partial charge in [0.25, 0.3) is 0 Å². The Kier molecular flexibility index (Phi) is 7.22. The van der Waals surface area contributed by atoms with Gasteiger partial charge in [-0.05, 0) is 92.4 Å². The highest BCUT2D eigenvalue weighted by molar-refractivity contribution is 5.97. The Morgan fingerprint density at radius 3 is 1.30 bits per heavy atom. The van der Waals surface area contributed by atoms with E-state index in [-0.39, 0.29) is 0 Å². The van der Waals surface area contributed by atoms with Crippen molar-refractivity contribution in [3.63, 3.8) is 0 Å². The van der Waals surface area contributed by atoms with E-state index >= 15 is 0 Å². The van der Waals surface area contributed by atoms with Crippen LogP contribution in [0, 0.1) is 0 Å². The fraction of sp³-hybridized carbons (Fsp3) is 0. The summed E-state index contributed by atoms with van der Waals surface area (Å²) in [6, 6.07) is 60.4. The molecule has 0 radical (unpaired) electrons. The Hall–Kier alpha value is -6.12. The largest absolute Gasteiger partial charge is 0.265 e. The smallest absolute Gasteiger partial charge is 0.0788 e. The Bertz CT molecular complexity index is 2310. The number of fused-ring (bicyclic) bond motifs is 1. The summed E-state index contributed by atoms with van der Waals surface area (Å²) in [6.07, 6.45) is 3.65. The Balaban J connectivity index is 1.14. The molecule has 0 atom stereocenters.